The Kier molecular flexibility index (Phi) is 2.77. The lowest BCUT2D eigenvalue weighted by Gasteiger charge is -2.01. The van der Waals surface area contributed by atoms with Crippen LogP contribution in [-0.2, 0) is 6.42 Å². The summed E-state index contributed by atoms with van der Waals surface area (Å²) in [6.45, 7) is 1.89. The zero-order valence-corrected chi connectivity index (χ0v) is 9.91. The summed E-state index contributed by atoms with van der Waals surface area (Å²) >= 11 is 3.49. The molecular weight excluding hydrogens is 256 g/mol. The third-order valence-electron chi connectivity index (χ3n) is 2.22. The number of aryl methyl sites for hydroxylation is 1. The lowest BCUT2D eigenvalue weighted by Crippen LogP contribution is -1.89. The molecule has 0 unspecified atom stereocenters. The van der Waals surface area contributed by atoms with E-state index in [0.29, 0.717) is 6.42 Å². The normalized spacial score (nSPS) is 10.5. The predicted octanol–water partition coefficient (Wildman–Crippen LogP) is 2.92. The van der Waals surface area contributed by atoms with Gasteiger partial charge in [0.2, 0.25) is 0 Å². The summed E-state index contributed by atoms with van der Waals surface area (Å²) in [6, 6.07) is 8.26. The molecule has 0 saturated carbocycles. The smallest absolute Gasteiger partial charge is 0.292 e. The summed E-state index contributed by atoms with van der Waals surface area (Å²) in [6.07, 6.45) is 0.706. The van der Waals surface area contributed by atoms with Gasteiger partial charge < -0.3 is 10.2 Å². The summed E-state index contributed by atoms with van der Waals surface area (Å²) in [4.78, 5) is 4.03. The molecule has 78 valence electrons. The van der Waals surface area contributed by atoms with Gasteiger partial charge in [-0.3, -0.25) is 0 Å². The molecule has 1 aromatic heterocycles. The third-order valence-corrected chi connectivity index (χ3v) is 2.99. The molecule has 0 aliphatic rings. The van der Waals surface area contributed by atoms with E-state index in [9.17, 15) is 0 Å². The second-order valence-electron chi connectivity index (χ2n) is 3.33. The van der Waals surface area contributed by atoms with Crippen molar-refractivity contribution < 1.29 is 4.42 Å². The maximum atomic E-state index is 5.48. The minimum atomic E-state index is 0.231. The van der Waals surface area contributed by atoms with Crippen LogP contribution in [0.15, 0.2) is 33.2 Å². The molecule has 0 spiro atoms. The quantitative estimate of drug-likeness (QED) is 0.910. The number of benzene rings is 1. The van der Waals surface area contributed by atoms with Crippen LogP contribution in [-0.4, -0.2) is 4.98 Å². The lowest BCUT2D eigenvalue weighted by molar-refractivity contribution is 0.532. The van der Waals surface area contributed by atoms with E-state index < -0.39 is 0 Å². The van der Waals surface area contributed by atoms with Gasteiger partial charge in [-0.2, -0.15) is 4.98 Å². The first-order valence-corrected chi connectivity index (χ1v) is 5.41. The third kappa shape index (κ3) is 2.21. The minimum absolute atomic E-state index is 0.231. The molecule has 2 rings (SSSR count). The first-order chi connectivity index (χ1) is 7.16. The molecule has 4 heteroatoms. The van der Waals surface area contributed by atoms with E-state index in [0.717, 1.165) is 21.5 Å². The SMILES string of the molecule is Cc1nc(N)oc1Cc1ccccc1Br. The molecular formula is C11H11BrN2O. The van der Waals surface area contributed by atoms with E-state index in [1.54, 1.807) is 0 Å². The molecule has 0 radical (unpaired) electrons. The Morgan fingerprint density at radius 2 is 2.13 bits per heavy atom. The van der Waals surface area contributed by atoms with Gasteiger partial charge in [-0.15, -0.1) is 0 Å². The number of nitrogen functional groups attached to an aromatic ring is 1. The highest BCUT2D eigenvalue weighted by molar-refractivity contribution is 9.10. The summed E-state index contributed by atoms with van der Waals surface area (Å²) < 4.78 is 6.39. The molecule has 3 nitrogen and oxygen atoms in total. The largest absolute Gasteiger partial charge is 0.428 e. The van der Waals surface area contributed by atoms with E-state index in [2.05, 4.69) is 20.9 Å². The fourth-order valence-electron chi connectivity index (χ4n) is 1.43. The van der Waals surface area contributed by atoms with Crippen molar-refractivity contribution in [3.05, 3.63) is 45.8 Å². The number of hydrogen-bond donors (Lipinski definition) is 1. The van der Waals surface area contributed by atoms with Gasteiger partial charge in [0, 0.05) is 10.9 Å². The van der Waals surface area contributed by atoms with Crippen molar-refractivity contribution in [2.24, 2.45) is 0 Å². The van der Waals surface area contributed by atoms with Crippen molar-refractivity contribution in [2.45, 2.75) is 13.3 Å². The number of oxazole rings is 1. The van der Waals surface area contributed by atoms with Gasteiger partial charge >= 0.3 is 0 Å². The highest BCUT2D eigenvalue weighted by Crippen LogP contribution is 2.22. The van der Waals surface area contributed by atoms with Crippen molar-refractivity contribution in [3.63, 3.8) is 0 Å². The summed E-state index contributed by atoms with van der Waals surface area (Å²) in [5.41, 5.74) is 7.50. The first kappa shape index (κ1) is 10.2. The van der Waals surface area contributed by atoms with Crippen LogP contribution in [0, 0.1) is 6.92 Å². The van der Waals surface area contributed by atoms with Crippen molar-refractivity contribution in [1.82, 2.24) is 4.98 Å². The Morgan fingerprint density at radius 1 is 1.40 bits per heavy atom. The number of halogens is 1. The highest BCUT2D eigenvalue weighted by atomic mass is 79.9. The van der Waals surface area contributed by atoms with Crippen LogP contribution in [0.4, 0.5) is 6.01 Å². The minimum Gasteiger partial charge on any atom is -0.428 e. The Bertz CT molecular complexity index is 479. The Morgan fingerprint density at radius 3 is 2.73 bits per heavy atom. The van der Waals surface area contributed by atoms with E-state index >= 15 is 0 Å². The van der Waals surface area contributed by atoms with E-state index in [-0.39, 0.29) is 6.01 Å². The molecule has 0 bridgehead atoms. The second kappa shape index (κ2) is 4.06. The van der Waals surface area contributed by atoms with Crippen molar-refractivity contribution in [2.75, 3.05) is 5.73 Å². The molecule has 15 heavy (non-hydrogen) atoms. The van der Waals surface area contributed by atoms with Gasteiger partial charge in [-0.25, -0.2) is 0 Å². The first-order valence-electron chi connectivity index (χ1n) is 4.62. The molecule has 0 amide bonds. The van der Waals surface area contributed by atoms with Gasteiger partial charge in [0.05, 0.1) is 5.69 Å². The number of aromatic nitrogens is 1. The maximum absolute atomic E-state index is 5.48. The molecule has 1 aromatic carbocycles. The zero-order chi connectivity index (χ0) is 10.8. The average Bonchev–Trinajstić information content (AvgIpc) is 2.49. The van der Waals surface area contributed by atoms with Gasteiger partial charge in [-0.1, -0.05) is 34.1 Å². The van der Waals surface area contributed by atoms with Gasteiger partial charge in [0.15, 0.2) is 0 Å². The fraction of sp³-hybridized carbons (Fsp3) is 0.182. The summed E-state index contributed by atoms with van der Waals surface area (Å²) in [5, 5.41) is 0. The zero-order valence-electron chi connectivity index (χ0n) is 8.33. The molecule has 1 heterocycles. The molecule has 0 saturated heterocycles. The Hall–Kier alpha value is -1.29. The second-order valence-corrected chi connectivity index (χ2v) is 4.18. The van der Waals surface area contributed by atoms with E-state index in [1.165, 1.54) is 0 Å². The molecule has 2 aromatic rings. The van der Waals surface area contributed by atoms with E-state index in [4.69, 9.17) is 10.2 Å². The number of nitrogens with zero attached hydrogens (tertiary/aromatic N) is 1. The highest BCUT2D eigenvalue weighted by Gasteiger charge is 2.09. The van der Waals surface area contributed by atoms with Crippen LogP contribution in [0.1, 0.15) is 17.0 Å². The topological polar surface area (TPSA) is 52.0 Å². The summed E-state index contributed by atoms with van der Waals surface area (Å²) in [7, 11) is 0. The average molecular weight is 267 g/mol. The molecule has 0 fully saturated rings. The van der Waals surface area contributed by atoms with Gasteiger partial charge in [-0.05, 0) is 18.6 Å². The fourth-order valence-corrected chi connectivity index (χ4v) is 1.85. The molecule has 2 N–H and O–H groups in total. The number of anilines is 1. The standard InChI is InChI=1S/C11H11BrN2O/c1-7-10(15-11(13)14-7)6-8-4-2-3-5-9(8)12/h2-5H,6H2,1H3,(H2,13,14). The van der Waals surface area contributed by atoms with E-state index in [1.807, 2.05) is 31.2 Å². The van der Waals surface area contributed by atoms with Crippen LogP contribution >= 0.6 is 15.9 Å². The lowest BCUT2D eigenvalue weighted by atomic mass is 10.1. The number of nitrogens with two attached hydrogens (primary N) is 1. The number of hydrogen-bond acceptors (Lipinski definition) is 3. The van der Waals surface area contributed by atoms with Crippen molar-refractivity contribution >= 4 is 21.9 Å². The molecule has 0 atom stereocenters. The summed E-state index contributed by atoms with van der Waals surface area (Å²) in [5.74, 6) is 0.819. The van der Waals surface area contributed by atoms with Crippen LogP contribution < -0.4 is 5.73 Å². The van der Waals surface area contributed by atoms with Crippen LogP contribution in [0.25, 0.3) is 0 Å². The van der Waals surface area contributed by atoms with Gasteiger partial charge in [0.1, 0.15) is 5.76 Å². The van der Waals surface area contributed by atoms with Crippen LogP contribution in [0.2, 0.25) is 0 Å². The number of rotatable bonds is 2. The Balaban J connectivity index is 2.29. The van der Waals surface area contributed by atoms with Crippen molar-refractivity contribution in [3.8, 4) is 0 Å². The maximum Gasteiger partial charge on any atom is 0.292 e. The van der Waals surface area contributed by atoms with Crippen molar-refractivity contribution in [1.29, 1.82) is 0 Å². The Labute approximate surface area is 96.4 Å². The van der Waals surface area contributed by atoms with Crippen LogP contribution in [0.3, 0.4) is 0 Å². The predicted molar refractivity (Wildman–Crippen MR) is 62.6 cm³/mol. The molecule has 0 aliphatic heterocycles. The van der Waals surface area contributed by atoms with Gasteiger partial charge in [0.25, 0.3) is 6.01 Å². The molecule has 0 aliphatic carbocycles. The monoisotopic (exact) mass is 266 g/mol. The van der Waals surface area contributed by atoms with Crippen LogP contribution in [0.5, 0.6) is 0 Å².